The minimum atomic E-state index is -3.42. The Morgan fingerprint density at radius 2 is 1.87 bits per heavy atom. The van der Waals surface area contributed by atoms with Crippen LogP contribution in [0.3, 0.4) is 0 Å². The van der Waals surface area contributed by atoms with Gasteiger partial charge >= 0.3 is 5.97 Å². The highest BCUT2D eigenvalue weighted by molar-refractivity contribution is 7.92. The lowest BCUT2D eigenvalue weighted by Crippen LogP contribution is -2.25. The average Bonchev–Trinajstić information content (AvgIpc) is 2.51. The molecule has 0 saturated heterocycles. The Labute approximate surface area is 138 Å². The number of rotatable bonds is 8. The summed E-state index contributed by atoms with van der Waals surface area (Å²) in [7, 11) is -3.42. The van der Waals surface area contributed by atoms with E-state index in [1.807, 2.05) is 38.1 Å². The number of esters is 1. The Hall–Kier alpha value is -1.82. The van der Waals surface area contributed by atoms with Crippen molar-refractivity contribution in [1.29, 1.82) is 0 Å². The van der Waals surface area contributed by atoms with Crippen LogP contribution >= 0.6 is 0 Å². The fourth-order valence-corrected chi connectivity index (χ4v) is 3.35. The second-order valence-electron chi connectivity index (χ2n) is 5.10. The molecule has 0 aliphatic carbocycles. The van der Waals surface area contributed by atoms with Gasteiger partial charge in [-0.3, -0.25) is 9.52 Å². The molecule has 0 saturated carbocycles. The van der Waals surface area contributed by atoms with Crippen LogP contribution in [0.5, 0.6) is 0 Å². The number of hydrogen-bond acceptors (Lipinski definition) is 4. The molecule has 5 nitrogen and oxygen atoms in total. The van der Waals surface area contributed by atoms with Crippen molar-refractivity contribution >= 4 is 33.8 Å². The summed E-state index contributed by atoms with van der Waals surface area (Å²) in [5, 5.41) is 2.04. The van der Waals surface area contributed by atoms with Gasteiger partial charge in [0.25, 0.3) is 0 Å². The maximum atomic E-state index is 12.1. The average molecular weight is 339 g/mol. The first-order valence-electron chi connectivity index (χ1n) is 7.80. The highest BCUT2D eigenvalue weighted by atomic mass is 32.2. The van der Waals surface area contributed by atoms with Gasteiger partial charge in [-0.2, -0.15) is 0 Å². The second kappa shape index (κ2) is 9.35. The molecule has 128 valence electrons. The Kier molecular flexibility index (Phi) is 7.81. The largest absolute Gasteiger partial charge is 0.466 e. The number of benzene rings is 1. The van der Waals surface area contributed by atoms with E-state index in [-0.39, 0.29) is 18.1 Å². The Morgan fingerprint density at radius 1 is 1.17 bits per heavy atom. The Balaban J connectivity index is 2.61. The fourth-order valence-electron chi connectivity index (χ4n) is 2.18. The predicted molar refractivity (Wildman–Crippen MR) is 93.9 cm³/mol. The van der Waals surface area contributed by atoms with Crippen LogP contribution in [0.2, 0.25) is 0 Å². The minimum absolute atomic E-state index is 0.0147. The number of sulfonamides is 1. The quantitative estimate of drug-likeness (QED) is 0.579. The van der Waals surface area contributed by atoms with Crippen LogP contribution in [0.15, 0.2) is 18.2 Å². The topological polar surface area (TPSA) is 72.5 Å². The molecule has 0 amide bonds. The van der Waals surface area contributed by atoms with E-state index in [1.54, 1.807) is 13.0 Å². The van der Waals surface area contributed by atoms with Crippen molar-refractivity contribution < 1.29 is 17.9 Å². The summed E-state index contributed by atoms with van der Waals surface area (Å²) >= 11 is 0. The first kappa shape index (κ1) is 19.2. The molecule has 0 heterocycles. The summed E-state index contributed by atoms with van der Waals surface area (Å²) < 4.78 is 31.5. The smallest absolute Gasteiger partial charge is 0.305 e. The first-order chi connectivity index (χ1) is 10.9. The number of anilines is 1. The lowest BCUT2D eigenvalue weighted by Gasteiger charge is -2.08. The van der Waals surface area contributed by atoms with Crippen molar-refractivity contribution in [2.45, 2.75) is 40.0 Å². The highest BCUT2D eigenvalue weighted by Crippen LogP contribution is 2.07. The molecule has 1 N–H and O–H groups in total. The lowest BCUT2D eigenvalue weighted by molar-refractivity contribution is -0.143. The lowest BCUT2D eigenvalue weighted by atomic mass is 10.2. The SMILES string of the molecule is C/C=c1/ccc(NS(=O)(=O)CCCCC(=O)OCC)c/c1=C/C. The monoisotopic (exact) mass is 339 g/mol. The third kappa shape index (κ3) is 6.86. The molecule has 1 aromatic rings. The summed E-state index contributed by atoms with van der Waals surface area (Å²) in [6, 6.07) is 5.44. The predicted octanol–water partition coefficient (Wildman–Crippen LogP) is 1.76. The van der Waals surface area contributed by atoms with Gasteiger partial charge in [0.2, 0.25) is 10.0 Å². The molecule has 1 rings (SSSR count). The van der Waals surface area contributed by atoms with Crippen molar-refractivity contribution in [2.75, 3.05) is 17.1 Å². The molecule has 0 bridgehead atoms. The third-order valence-electron chi connectivity index (χ3n) is 3.33. The molecule has 0 radical (unpaired) electrons. The molecule has 0 aliphatic rings. The maximum Gasteiger partial charge on any atom is 0.305 e. The Morgan fingerprint density at radius 3 is 2.48 bits per heavy atom. The molecule has 6 heteroatoms. The summed E-state index contributed by atoms with van der Waals surface area (Å²) in [4.78, 5) is 11.2. The van der Waals surface area contributed by atoms with Gasteiger partial charge in [0.05, 0.1) is 12.4 Å². The summed E-state index contributed by atoms with van der Waals surface area (Å²) in [6.07, 6.45) is 5.08. The highest BCUT2D eigenvalue weighted by Gasteiger charge is 2.11. The van der Waals surface area contributed by atoms with E-state index < -0.39 is 10.0 Å². The maximum absolute atomic E-state index is 12.1. The molecule has 23 heavy (non-hydrogen) atoms. The van der Waals surface area contributed by atoms with Crippen LogP contribution < -0.4 is 15.2 Å². The Bertz CT molecular complexity index is 738. The zero-order chi connectivity index (χ0) is 17.3. The summed E-state index contributed by atoms with van der Waals surface area (Å²) in [5.41, 5.74) is 0.550. The number of ether oxygens (including phenoxy) is 1. The van der Waals surface area contributed by atoms with Crippen molar-refractivity contribution in [1.82, 2.24) is 0 Å². The van der Waals surface area contributed by atoms with E-state index in [9.17, 15) is 13.2 Å². The van der Waals surface area contributed by atoms with Crippen molar-refractivity contribution in [3.63, 3.8) is 0 Å². The van der Waals surface area contributed by atoms with Crippen molar-refractivity contribution in [3.05, 3.63) is 28.6 Å². The van der Waals surface area contributed by atoms with E-state index in [4.69, 9.17) is 4.74 Å². The molecule has 0 spiro atoms. The number of unbranched alkanes of at least 4 members (excludes halogenated alkanes) is 1. The fraction of sp³-hybridized carbons (Fsp3) is 0.471. The molecule has 0 fully saturated rings. The second-order valence-corrected chi connectivity index (χ2v) is 6.95. The molecule has 1 aromatic carbocycles. The van der Waals surface area contributed by atoms with Gasteiger partial charge in [0, 0.05) is 12.1 Å². The van der Waals surface area contributed by atoms with Gasteiger partial charge in [-0.1, -0.05) is 18.2 Å². The molecule has 0 aromatic heterocycles. The van der Waals surface area contributed by atoms with E-state index in [0.717, 1.165) is 10.4 Å². The van der Waals surface area contributed by atoms with E-state index in [0.29, 0.717) is 25.1 Å². The van der Waals surface area contributed by atoms with Gasteiger partial charge in [-0.05, 0) is 56.2 Å². The van der Waals surface area contributed by atoms with Gasteiger partial charge in [0.15, 0.2) is 0 Å². The third-order valence-corrected chi connectivity index (χ3v) is 4.70. The summed E-state index contributed by atoms with van der Waals surface area (Å²) in [5.74, 6) is -0.299. The molecule has 0 unspecified atom stereocenters. The first-order valence-corrected chi connectivity index (χ1v) is 9.46. The number of hydrogen-bond donors (Lipinski definition) is 1. The van der Waals surface area contributed by atoms with Gasteiger partial charge < -0.3 is 4.74 Å². The zero-order valence-electron chi connectivity index (χ0n) is 14.0. The van der Waals surface area contributed by atoms with Crippen molar-refractivity contribution in [2.24, 2.45) is 0 Å². The van der Waals surface area contributed by atoms with Crippen molar-refractivity contribution in [3.8, 4) is 0 Å². The molecular formula is C17H25NO4S. The van der Waals surface area contributed by atoms with Crippen LogP contribution in [0.1, 0.15) is 40.0 Å². The molecular weight excluding hydrogens is 314 g/mol. The van der Waals surface area contributed by atoms with Crippen LogP contribution in [-0.4, -0.2) is 26.7 Å². The standard InChI is InChI=1S/C17H25NO4S/c1-4-14-10-11-16(13-15(14)5-2)18-23(20,21)12-8-7-9-17(19)22-6-3/h4-5,10-11,13,18H,6-9,12H2,1-3H3/b14-4-,15-5-. The number of nitrogens with one attached hydrogen (secondary N) is 1. The van der Waals surface area contributed by atoms with Crippen LogP contribution in [-0.2, 0) is 19.6 Å². The number of carbonyl (C=O) groups excluding carboxylic acids is 1. The van der Waals surface area contributed by atoms with Crippen LogP contribution in [0.4, 0.5) is 5.69 Å². The molecule has 0 aliphatic heterocycles. The van der Waals surface area contributed by atoms with Gasteiger partial charge in [0.1, 0.15) is 0 Å². The zero-order valence-corrected chi connectivity index (χ0v) is 14.8. The van der Waals surface area contributed by atoms with Crippen LogP contribution in [0, 0.1) is 0 Å². The van der Waals surface area contributed by atoms with Crippen LogP contribution in [0.25, 0.3) is 12.2 Å². The van der Waals surface area contributed by atoms with Gasteiger partial charge in [-0.25, -0.2) is 8.42 Å². The molecule has 0 atom stereocenters. The van der Waals surface area contributed by atoms with E-state index in [1.165, 1.54) is 0 Å². The van der Waals surface area contributed by atoms with Gasteiger partial charge in [-0.15, -0.1) is 0 Å². The minimum Gasteiger partial charge on any atom is -0.466 e. The van der Waals surface area contributed by atoms with E-state index >= 15 is 0 Å². The normalized spacial score (nSPS) is 13.2. The summed E-state index contributed by atoms with van der Waals surface area (Å²) in [6.45, 7) is 5.95. The van der Waals surface area contributed by atoms with E-state index in [2.05, 4.69) is 4.72 Å². The number of carbonyl (C=O) groups is 1.